The Morgan fingerprint density at radius 1 is 0.897 bits per heavy atom. The van der Waals surface area contributed by atoms with Crippen molar-refractivity contribution in [1.82, 2.24) is 0 Å². The number of unbranched alkanes of at least 4 members (excludes halogenated alkanes) is 4. The molecule has 1 atom stereocenters. The van der Waals surface area contributed by atoms with E-state index in [1.807, 2.05) is 6.07 Å². The molecule has 1 aliphatic carbocycles. The molecule has 0 spiro atoms. The summed E-state index contributed by atoms with van der Waals surface area (Å²) in [5.74, 6) is 0.0669. The molecule has 1 unspecified atom stereocenters. The molecule has 3 heteroatoms. The van der Waals surface area contributed by atoms with Crippen LogP contribution in [0.2, 0.25) is 0 Å². The first-order valence-corrected chi connectivity index (χ1v) is 11.3. The standard InChI is InChI=1S/C26H34F2O/c1-3-5-7-9-19-15-24(27)26(25(28)16-19)22-11-10-21-18-23(13-12-20(21)17-22)29-14-8-6-4-2/h12-13,15-16,18,22H,3-11,14,17H2,1-2H3. The van der Waals surface area contributed by atoms with Crippen molar-refractivity contribution < 1.29 is 13.5 Å². The third kappa shape index (κ3) is 5.81. The van der Waals surface area contributed by atoms with Crippen LogP contribution in [-0.4, -0.2) is 6.61 Å². The van der Waals surface area contributed by atoms with Gasteiger partial charge in [-0.05, 0) is 85.4 Å². The molecule has 0 bridgehead atoms. The van der Waals surface area contributed by atoms with E-state index >= 15 is 0 Å². The van der Waals surface area contributed by atoms with Gasteiger partial charge in [-0.1, -0.05) is 45.6 Å². The number of rotatable bonds is 10. The van der Waals surface area contributed by atoms with Crippen LogP contribution < -0.4 is 4.74 Å². The molecule has 0 heterocycles. The van der Waals surface area contributed by atoms with E-state index in [0.29, 0.717) is 6.42 Å². The van der Waals surface area contributed by atoms with E-state index in [1.165, 1.54) is 24.0 Å². The number of hydrogen-bond acceptors (Lipinski definition) is 1. The van der Waals surface area contributed by atoms with Crippen molar-refractivity contribution >= 4 is 0 Å². The smallest absolute Gasteiger partial charge is 0.129 e. The van der Waals surface area contributed by atoms with Gasteiger partial charge in [0, 0.05) is 5.56 Å². The van der Waals surface area contributed by atoms with Crippen LogP contribution in [0.4, 0.5) is 8.78 Å². The van der Waals surface area contributed by atoms with Gasteiger partial charge in [-0.15, -0.1) is 0 Å². The molecule has 0 amide bonds. The molecule has 158 valence electrons. The van der Waals surface area contributed by atoms with Gasteiger partial charge < -0.3 is 4.74 Å². The zero-order valence-electron chi connectivity index (χ0n) is 17.9. The Labute approximate surface area is 174 Å². The fourth-order valence-corrected chi connectivity index (χ4v) is 4.36. The first-order valence-electron chi connectivity index (χ1n) is 11.3. The predicted octanol–water partition coefficient (Wildman–Crippen LogP) is 7.54. The highest BCUT2D eigenvalue weighted by Crippen LogP contribution is 2.37. The molecular weight excluding hydrogens is 366 g/mol. The minimum atomic E-state index is -0.374. The Balaban J connectivity index is 1.67. The normalized spacial score (nSPS) is 15.9. The fraction of sp³-hybridized carbons (Fsp3) is 0.538. The van der Waals surface area contributed by atoms with Gasteiger partial charge in [0.25, 0.3) is 0 Å². The second-order valence-electron chi connectivity index (χ2n) is 8.36. The fourth-order valence-electron chi connectivity index (χ4n) is 4.36. The minimum absolute atomic E-state index is 0.0940. The Morgan fingerprint density at radius 3 is 2.34 bits per heavy atom. The van der Waals surface area contributed by atoms with E-state index in [9.17, 15) is 8.78 Å². The molecular formula is C26H34F2O. The quantitative estimate of drug-likeness (QED) is 0.374. The van der Waals surface area contributed by atoms with E-state index in [1.54, 1.807) is 12.1 Å². The van der Waals surface area contributed by atoms with Crippen LogP contribution in [0.3, 0.4) is 0 Å². The lowest BCUT2D eigenvalue weighted by molar-refractivity contribution is 0.305. The van der Waals surface area contributed by atoms with Gasteiger partial charge in [0.2, 0.25) is 0 Å². The van der Waals surface area contributed by atoms with Gasteiger partial charge in [0.15, 0.2) is 0 Å². The number of benzene rings is 2. The van der Waals surface area contributed by atoms with Gasteiger partial charge in [0.05, 0.1) is 6.61 Å². The number of ether oxygens (including phenoxy) is 1. The Morgan fingerprint density at radius 2 is 1.62 bits per heavy atom. The maximum absolute atomic E-state index is 14.8. The van der Waals surface area contributed by atoms with Gasteiger partial charge in [-0.3, -0.25) is 0 Å². The summed E-state index contributed by atoms with van der Waals surface area (Å²) in [6, 6.07) is 9.29. The molecule has 3 rings (SSSR count). The summed E-state index contributed by atoms with van der Waals surface area (Å²) >= 11 is 0. The third-order valence-electron chi connectivity index (χ3n) is 6.04. The lowest BCUT2D eigenvalue weighted by Crippen LogP contribution is -2.16. The van der Waals surface area contributed by atoms with E-state index in [4.69, 9.17) is 4.74 Å². The molecule has 0 saturated carbocycles. The molecule has 0 saturated heterocycles. The maximum atomic E-state index is 14.8. The first-order chi connectivity index (χ1) is 14.1. The average molecular weight is 401 g/mol. The maximum Gasteiger partial charge on any atom is 0.129 e. The Bertz CT molecular complexity index is 776. The summed E-state index contributed by atoms with van der Waals surface area (Å²) in [7, 11) is 0. The summed E-state index contributed by atoms with van der Waals surface area (Å²) in [5, 5.41) is 0. The van der Waals surface area contributed by atoms with Crippen molar-refractivity contribution in [1.29, 1.82) is 0 Å². The Kier molecular flexibility index (Phi) is 8.09. The van der Waals surface area contributed by atoms with Crippen LogP contribution in [0, 0.1) is 11.6 Å². The largest absolute Gasteiger partial charge is 0.494 e. The van der Waals surface area contributed by atoms with E-state index < -0.39 is 0 Å². The van der Waals surface area contributed by atoms with Crippen LogP contribution in [0.5, 0.6) is 5.75 Å². The lowest BCUT2D eigenvalue weighted by Gasteiger charge is -2.26. The summed E-state index contributed by atoms with van der Waals surface area (Å²) in [4.78, 5) is 0. The topological polar surface area (TPSA) is 9.23 Å². The monoisotopic (exact) mass is 400 g/mol. The molecule has 1 aliphatic rings. The predicted molar refractivity (Wildman–Crippen MR) is 116 cm³/mol. The molecule has 0 N–H and O–H groups in total. The van der Waals surface area contributed by atoms with Gasteiger partial charge in [-0.2, -0.15) is 0 Å². The second kappa shape index (κ2) is 10.8. The Hall–Kier alpha value is -1.90. The minimum Gasteiger partial charge on any atom is -0.494 e. The summed E-state index contributed by atoms with van der Waals surface area (Å²) in [6.45, 7) is 5.06. The summed E-state index contributed by atoms with van der Waals surface area (Å²) in [6.07, 6.45) is 9.66. The molecule has 2 aromatic rings. The van der Waals surface area contributed by atoms with Crippen molar-refractivity contribution in [3.8, 4) is 5.75 Å². The molecule has 0 fully saturated rings. The molecule has 2 aromatic carbocycles. The highest BCUT2D eigenvalue weighted by molar-refractivity contribution is 5.40. The van der Waals surface area contributed by atoms with Crippen LogP contribution in [-0.2, 0) is 19.3 Å². The van der Waals surface area contributed by atoms with Crippen molar-refractivity contribution in [2.75, 3.05) is 6.61 Å². The SMILES string of the molecule is CCCCCOc1ccc2c(c1)CCC(c1c(F)cc(CCCCC)cc1F)C2. The first kappa shape index (κ1) is 21.8. The summed E-state index contributed by atoms with van der Waals surface area (Å²) < 4.78 is 35.4. The zero-order chi connectivity index (χ0) is 20.6. The molecule has 29 heavy (non-hydrogen) atoms. The van der Waals surface area contributed by atoms with Crippen molar-refractivity contribution in [3.63, 3.8) is 0 Å². The van der Waals surface area contributed by atoms with Crippen LogP contribution in [0.25, 0.3) is 0 Å². The van der Waals surface area contributed by atoms with Crippen LogP contribution >= 0.6 is 0 Å². The van der Waals surface area contributed by atoms with Crippen LogP contribution in [0.15, 0.2) is 30.3 Å². The van der Waals surface area contributed by atoms with Crippen molar-refractivity contribution in [2.24, 2.45) is 0 Å². The zero-order valence-corrected chi connectivity index (χ0v) is 17.9. The number of halogens is 2. The second-order valence-corrected chi connectivity index (χ2v) is 8.36. The molecule has 0 aromatic heterocycles. The highest BCUT2D eigenvalue weighted by atomic mass is 19.1. The number of fused-ring (bicyclic) bond motifs is 1. The van der Waals surface area contributed by atoms with Gasteiger partial charge in [-0.25, -0.2) is 8.78 Å². The lowest BCUT2D eigenvalue weighted by atomic mass is 9.79. The van der Waals surface area contributed by atoms with Crippen molar-refractivity contribution in [3.05, 3.63) is 64.2 Å². The molecule has 1 nitrogen and oxygen atoms in total. The molecule has 0 radical (unpaired) electrons. The third-order valence-corrected chi connectivity index (χ3v) is 6.04. The number of aryl methyl sites for hydroxylation is 2. The summed E-state index contributed by atoms with van der Waals surface area (Å²) in [5.41, 5.74) is 3.49. The number of hydrogen-bond donors (Lipinski definition) is 0. The van der Waals surface area contributed by atoms with E-state index in [-0.39, 0.29) is 23.1 Å². The highest BCUT2D eigenvalue weighted by Gasteiger charge is 2.26. The van der Waals surface area contributed by atoms with Crippen LogP contribution in [0.1, 0.15) is 87.0 Å². The average Bonchev–Trinajstić information content (AvgIpc) is 2.71. The van der Waals surface area contributed by atoms with E-state index in [0.717, 1.165) is 62.9 Å². The van der Waals surface area contributed by atoms with E-state index in [2.05, 4.69) is 26.0 Å². The van der Waals surface area contributed by atoms with Crippen molar-refractivity contribution in [2.45, 2.75) is 84.0 Å². The van der Waals surface area contributed by atoms with Gasteiger partial charge >= 0.3 is 0 Å². The molecule has 0 aliphatic heterocycles. The van der Waals surface area contributed by atoms with Gasteiger partial charge in [0.1, 0.15) is 17.4 Å².